The van der Waals surface area contributed by atoms with Crippen molar-refractivity contribution in [3.05, 3.63) is 51.9 Å². The Hall–Kier alpha value is -2.68. The Kier molecular flexibility index (Phi) is 6.07. The molecule has 0 aromatic heterocycles. The fourth-order valence-corrected chi connectivity index (χ4v) is 3.36. The number of rotatable bonds is 6. The molecule has 1 heterocycles. The van der Waals surface area contributed by atoms with Gasteiger partial charge in [-0.1, -0.05) is 11.6 Å². The van der Waals surface area contributed by atoms with Crippen LogP contribution in [0, 0.1) is 11.8 Å². The number of hydrogen-bond donors (Lipinski definition) is 0. The maximum absolute atomic E-state index is 12.4. The average Bonchev–Trinajstić information content (AvgIpc) is 3.12. The van der Waals surface area contributed by atoms with E-state index in [0.29, 0.717) is 35.1 Å². The molecule has 0 aliphatic carbocycles. The van der Waals surface area contributed by atoms with E-state index in [1.165, 1.54) is 13.1 Å². The minimum Gasteiger partial charge on any atom is -0.487 e. The molecule has 2 aromatic rings. The molecule has 0 saturated carbocycles. The van der Waals surface area contributed by atoms with E-state index in [1.807, 2.05) is 4.90 Å². The highest BCUT2D eigenvalue weighted by Crippen LogP contribution is 2.33. The molecule has 0 bridgehead atoms. The minimum absolute atomic E-state index is 0.133. The van der Waals surface area contributed by atoms with Crippen molar-refractivity contribution in [3.8, 4) is 11.5 Å². The number of hydrogen-bond acceptors (Lipinski definition) is 5. The number of nitroso groups, excluding NO2 is 1. The van der Waals surface area contributed by atoms with Crippen LogP contribution in [0.3, 0.4) is 0 Å². The van der Waals surface area contributed by atoms with Crippen molar-refractivity contribution in [1.29, 1.82) is 0 Å². The monoisotopic (exact) mass is 429 g/mol. The molecule has 1 saturated heterocycles. The predicted molar refractivity (Wildman–Crippen MR) is 105 cm³/mol. The number of anilines is 2. The van der Waals surface area contributed by atoms with E-state index in [-0.39, 0.29) is 11.9 Å². The molecule has 1 unspecified atom stereocenters. The van der Waals surface area contributed by atoms with Crippen molar-refractivity contribution in [3.63, 3.8) is 0 Å². The smallest absolute Gasteiger partial charge is 0.487 e. The summed E-state index contributed by atoms with van der Waals surface area (Å²) in [5.41, 5.74) is 1.74. The summed E-state index contributed by atoms with van der Waals surface area (Å²) in [6, 6.07) is 9.52. The lowest BCUT2D eigenvalue weighted by molar-refractivity contribution is -0.274. The van der Waals surface area contributed by atoms with Crippen molar-refractivity contribution in [2.45, 2.75) is 25.8 Å². The summed E-state index contributed by atoms with van der Waals surface area (Å²) >= 11 is 6.24. The van der Waals surface area contributed by atoms with Crippen molar-refractivity contribution in [1.82, 2.24) is 0 Å². The van der Waals surface area contributed by atoms with E-state index in [9.17, 15) is 18.1 Å². The summed E-state index contributed by atoms with van der Waals surface area (Å²) in [5.74, 6) is 0.279. The van der Waals surface area contributed by atoms with Crippen molar-refractivity contribution in [2.75, 3.05) is 30.0 Å². The molecule has 6 nitrogen and oxygen atoms in total. The Bertz CT molecular complexity index is 895. The Labute approximate surface area is 170 Å². The first-order chi connectivity index (χ1) is 13.7. The molecule has 0 radical (unpaired) electrons. The van der Waals surface area contributed by atoms with Crippen LogP contribution in [0.1, 0.15) is 12.0 Å². The third-order valence-electron chi connectivity index (χ3n) is 4.60. The van der Waals surface area contributed by atoms with Crippen LogP contribution in [-0.2, 0) is 0 Å². The van der Waals surface area contributed by atoms with Gasteiger partial charge in [0.1, 0.15) is 17.6 Å². The summed E-state index contributed by atoms with van der Waals surface area (Å²) in [7, 11) is 1.51. The van der Waals surface area contributed by atoms with Gasteiger partial charge in [-0.05, 0) is 48.9 Å². The lowest BCUT2D eigenvalue weighted by Gasteiger charge is -2.21. The van der Waals surface area contributed by atoms with E-state index in [2.05, 4.69) is 10.0 Å². The summed E-state index contributed by atoms with van der Waals surface area (Å²) in [5, 5.41) is 4.33. The SMILES string of the molecule is Cc1cc(N2CCC(Oc3ccc(N(C)N=O)cc3Cl)C2)ccc1OC(F)(F)F. The van der Waals surface area contributed by atoms with Crippen LogP contribution in [-0.4, -0.2) is 32.6 Å². The fraction of sp³-hybridized carbons (Fsp3) is 0.368. The second-order valence-electron chi connectivity index (χ2n) is 6.69. The quantitative estimate of drug-likeness (QED) is 0.459. The third kappa shape index (κ3) is 5.23. The first kappa shape index (κ1) is 21.0. The number of ether oxygens (including phenoxy) is 2. The molecule has 1 atom stereocenters. The highest BCUT2D eigenvalue weighted by Gasteiger charge is 2.32. The molecule has 156 valence electrons. The number of nitrogens with zero attached hydrogens (tertiary/aromatic N) is 3. The molecule has 1 aliphatic rings. The molecule has 0 N–H and O–H groups in total. The topological polar surface area (TPSA) is 54.4 Å². The van der Waals surface area contributed by atoms with E-state index < -0.39 is 6.36 Å². The van der Waals surface area contributed by atoms with Crippen LogP contribution >= 0.6 is 11.6 Å². The molecular weight excluding hydrogens is 411 g/mol. The molecule has 29 heavy (non-hydrogen) atoms. The minimum atomic E-state index is -4.72. The first-order valence-corrected chi connectivity index (χ1v) is 9.18. The second kappa shape index (κ2) is 8.36. The maximum atomic E-state index is 12.4. The van der Waals surface area contributed by atoms with Crippen molar-refractivity contribution < 1.29 is 22.6 Å². The van der Waals surface area contributed by atoms with Gasteiger partial charge >= 0.3 is 6.36 Å². The van der Waals surface area contributed by atoms with Crippen LogP contribution in [0.5, 0.6) is 11.5 Å². The fourth-order valence-electron chi connectivity index (χ4n) is 3.14. The van der Waals surface area contributed by atoms with Crippen LogP contribution in [0.25, 0.3) is 0 Å². The molecular formula is C19H19ClF3N3O3. The highest BCUT2D eigenvalue weighted by molar-refractivity contribution is 6.32. The molecule has 0 spiro atoms. The summed E-state index contributed by atoms with van der Waals surface area (Å²) < 4.78 is 47.2. The van der Waals surface area contributed by atoms with Gasteiger partial charge in [-0.15, -0.1) is 18.1 Å². The van der Waals surface area contributed by atoms with Crippen molar-refractivity contribution in [2.24, 2.45) is 5.29 Å². The van der Waals surface area contributed by atoms with Gasteiger partial charge in [-0.25, -0.2) is 5.01 Å². The number of halogens is 4. The Morgan fingerprint density at radius 2 is 1.93 bits per heavy atom. The predicted octanol–water partition coefficient (Wildman–Crippen LogP) is 5.32. The average molecular weight is 430 g/mol. The Balaban J connectivity index is 1.65. The molecule has 1 aliphatic heterocycles. The largest absolute Gasteiger partial charge is 0.573 e. The summed E-state index contributed by atoms with van der Waals surface area (Å²) in [6.45, 7) is 2.82. The Morgan fingerprint density at radius 3 is 2.55 bits per heavy atom. The van der Waals surface area contributed by atoms with Gasteiger partial charge in [-0.2, -0.15) is 0 Å². The summed E-state index contributed by atoms with van der Waals surface area (Å²) in [6.07, 6.45) is -4.12. The lowest BCUT2D eigenvalue weighted by atomic mass is 10.2. The van der Waals surface area contributed by atoms with Gasteiger partial charge in [0, 0.05) is 25.7 Å². The van der Waals surface area contributed by atoms with E-state index in [1.54, 1.807) is 37.3 Å². The van der Waals surface area contributed by atoms with E-state index >= 15 is 0 Å². The van der Waals surface area contributed by atoms with Crippen LogP contribution in [0.4, 0.5) is 24.5 Å². The van der Waals surface area contributed by atoms with Crippen LogP contribution in [0.15, 0.2) is 41.7 Å². The zero-order chi connectivity index (χ0) is 21.2. The number of benzene rings is 2. The maximum Gasteiger partial charge on any atom is 0.573 e. The molecule has 0 amide bonds. The molecule has 3 rings (SSSR count). The third-order valence-corrected chi connectivity index (χ3v) is 4.89. The van der Waals surface area contributed by atoms with Crippen LogP contribution in [0.2, 0.25) is 5.02 Å². The van der Waals surface area contributed by atoms with Gasteiger partial charge < -0.3 is 14.4 Å². The highest BCUT2D eigenvalue weighted by atomic mass is 35.5. The van der Waals surface area contributed by atoms with Gasteiger partial charge in [-0.3, -0.25) is 0 Å². The molecule has 1 fully saturated rings. The lowest BCUT2D eigenvalue weighted by Crippen LogP contribution is -2.24. The standard InChI is InChI=1S/C19H19ClF3N3O3/c1-12-9-14(4-5-17(12)29-19(21,22)23)26-8-7-15(11-26)28-18-6-3-13(10-16(18)20)25(2)24-27/h3-6,9-10,15H,7-8,11H2,1-2H3. The molecule has 2 aromatic carbocycles. The Morgan fingerprint density at radius 1 is 1.21 bits per heavy atom. The van der Waals surface area contributed by atoms with Gasteiger partial charge in [0.25, 0.3) is 0 Å². The van der Waals surface area contributed by atoms with Crippen molar-refractivity contribution >= 4 is 23.0 Å². The van der Waals surface area contributed by atoms with Gasteiger partial charge in [0.05, 0.1) is 22.5 Å². The first-order valence-electron chi connectivity index (χ1n) is 8.81. The van der Waals surface area contributed by atoms with E-state index in [0.717, 1.165) is 17.1 Å². The zero-order valence-corrected chi connectivity index (χ0v) is 16.5. The number of alkyl halides is 3. The van der Waals surface area contributed by atoms with Gasteiger partial charge in [0.2, 0.25) is 0 Å². The number of aryl methyl sites for hydroxylation is 1. The normalized spacial score (nSPS) is 16.6. The summed E-state index contributed by atoms with van der Waals surface area (Å²) in [4.78, 5) is 12.6. The van der Waals surface area contributed by atoms with Gasteiger partial charge in [0.15, 0.2) is 0 Å². The van der Waals surface area contributed by atoms with E-state index in [4.69, 9.17) is 16.3 Å². The van der Waals surface area contributed by atoms with Crippen LogP contribution < -0.4 is 19.4 Å². The second-order valence-corrected chi connectivity index (χ2v) is 7.10. The zero-order valence-electron chi connectivity index (χ0n) is 15.7. The molecule has 10 heteroatoms.